The number of aromatic hydroxyl groups is 1. The van der Waals surface area contributed by atoms with E-state index in [0.717, 1.165) is 0 Å². The molecule has 0 spiro atoms. The van der Waals surface area contributed by atoms with Gasteiger partial charge in [-0.25, -0.2) is 9.18 Å². The van der Waals surface area contributed by atoms with Crippen molar-refractivity contribution in [1.29, 1.82) is 0 Å². The molecule has 78 valence electrons. The molecule has 1 saturated carbocycles. The van der Waals surface area contributed by atoms with Gasteiger partial charge in [-0.15, -0.1) is 0 Å². The summed E-state index contributed by atoms with van der Waals surface area (Å²) in [5, 5.41) is 9.44. The van der Waals surface area contributed by atoms with Crippen LogP contribution >= 0.6 is 11.6 Å². The molecule has 0 radical (unpaired) electrons. The van der Waals surface area contributed by atoms with Gasteiger partial charge in [0.25, 0.3) is 0 Å². The lowest BCUT2D eigenvalue weighted by atomic mass is 10.0. The van der Waals surface area contributed by atoms with Crippen LogP contribution in [0.15, 0.2) is 17.1 Å². The number of isocyanates is 1. The summed E-state index contributed by atoms with van der Waals surface area (Å²) in [5.41, 5.74) is -0.945. The quantitative estimate of drug-likeness (QED) is 0.623. The summed E-state index contributed by atoms with van der Waals surface area (Å²) in [4.78, 5) is 13.7. The second-order valence-corrected chi connectivity index (χ2v) is 3.90. The summed E-state index contributed by atoms with van der Waals surface area (Å²) < 4.78 is 13.6. The van der Waals surface area contributed by atoms with Crippen LogP contribution in [-0.4, -0.2) is 11.2 Å². The minimum absolute atomic E-state index is 0.00153. The molecule has 1 fully saturated rings. The fourth-order valence-electron chi connectivity index (χ4n) is 1.61. The summed E-state index contributed by atoms with van der Waals surface area (Å²) in [7, 11) is 0. The molecule has 0 aliphatic heterocycles. The number of phenols is 1. The zero-order valence-electron chi connectivity index (χ0n) is 7.63. The van der Waals surface area contributed by atoms with Gasteiger partial charge in [0.15, 0.2) is 5.82 Å². The molecule has 2 rings (SSSR count). The first-order valence-corrected chi connectivity index (χ1v) is 4.75. The van der Waals surface area contributed by atoms with Crippen molar-refractivity contribution in [2.45, 2.75) is 18.4 Å². The molecule has 15 heavy (non-hydrogen) atoms. The average Bonchev–Trinajstić information content (AvgIpc) is 2.94. The lowest BCUT2D eigenvalue weighted by Crippen LogP contribution is -2.06. The van der Waals surface area contributed by atoms with E-state index >= 15 is 0 Å². The highest BCUT2D eigenvalue weighted by atomic mass is 35.5. The number of phenolic OH excluding ortho intramolecular Hbond substituents is 1. The summed E-state index contributed by atoms with van der Waals surface area (Å²) in [5.74, 6) is -0.943. The molecule has 5 heteroatoms. The largest absolute Gasteiger partial charge is 0.507 e. The van der Waals surface area contributed by atoms with Crippen molar-refractivity contribution in [2.24, 2.45) is 4.99 Å². The fraction of sp³-hybridized carbons (Fsp3) is 0.300. The molecule has 1 aliphatic carbocycles. The molecule has 0 saturated heterocycles. The van der Waals surface area contributed by atoms with Crippen LogP contribution in [0, 0.1) is 5.82 Å². The monoisotopic (exact) mass is 227 g/mol. The van der Waals surface area contributed by atoms with Crippen LogP contribution in [0.2, 0.25) is 5.02 Å². The summed E-state index contributed by atoms with van der Waals surface area (Å²) in [6, 6.07) is 2.55. The van der Waals surface area contributed by atoms with Gasteiger partial charge in [0.05, 0.1) is 10.6 Å². The molecule has 0 aromatic heterocycles. The Hall–Kier alpha value is -1.38. The Morgan fingerprint density at radius 1 is 1.53 bits per heavy atom. The molecule has 0 heterocycles. The highest BCUT2D eigenvalue weighted by molar-refractivity contribution is 6.30. The predicted molar refractivity (Wildman–Crippen MR) is 52.1 cm³/mol. The van der Waals surface area contributed by atoms with Gasteiger partial charge in [-0.1, -0.05) is 11.6 Å². The average molecular weight is 228 g/mol. The van der Waals surface area contributed by atoms with E-state index in [2.05, 4.69) is 4.99 Å². The van der Waals surface area contributed by atoms with Crippen molar-refractivity contribution in [1.82, 2.24) is 0 Å². The zero-order chi connectivity index (χ0) is 11.1. The van der Waals surface area contributed by atoms with Gasteiger partial charge in [0.2, 0.25) is 6.08 Å². The van der Waals surface area contributed by atoms with E-state index in [1.165, 1.54) is 18.2 Å². The van der Waals surface area contributed by atoms with E-state index in [1.54, 1.807) is 0 Å². The standard InChI is InChI=1S/C10H7ClFNO2/c11-6-1-2-7(15)8(9(6)12)10(3-4-10)13-5-14/h1-2,15H,3-4H2. The minimum atomic E-state index is -0.944. The molecule has 0 bridgehead atoms. The highest BCUT2D eigenvalue weighted by Gasteiger charge is 2.49. The molecule has 0 unspecified atom stereocenters. The van der Waals surface area contributed by atoms with Gasteiger partial charge < -0.3 is 5.11 Å². The molecule has 0 atom stereocenters. The molecule has 0 amide bonds. The Morgan fingerprint density at radius 2 is 2.20 bits per heavy atom. The van der Waals surface area contributed by atoms with Crippen molar-refractivity contribution < 1.29 is 14.3 Å². The van der Waals surface area contributed by atoms with Crippen LogP contribution in [0.5, 0.6) is 5.75 Å². The third-order valence-corrected chi connectivity index (χ3v) is 2.81. The maximum atomic E-state index is 13.6. The topological polar surface area (TPSA) is 49.7 Å². The van der Waals surface area contributed by atoms with Crippen LogP contribution in [0.4, 0.5) is 4.39 Å². The second kappa shape index (κ2) is 3.33. The Bertz CT molecular complexity index is 465. The maximum absolute atomic E-state index is 13.6. The van der Waals surface area contributed by atoms with Crippen LogP contribution < -0.4 is 0 Å². The van der Waals surface area contributed by atoms with Gasteiger partial charge in [-0.05, 0) is 25.0 Å². The Kier molecular flexibility index (Phi) is 2.25. The van der Waals surface area contributed by atoms with Crippen molar-refractivity contribution in [3.05, 3.63) is 28.5 Å². The lowest BCUT2D eigenvalue weighted by molar-refractivity contribution is 0.446. The van der Waals surface area contributed by atoms with Crippen molar-refractivity contribution in [3.8, 4) is 5.75 Å². The van der Waals surface area contributed by atoms with Gasteiger partial charge in [-0.3, -0.25) is 0 Å². The van der Waals surface area contributed by atoms with E-state index in [0.29, 0.717) is 12.8 Å². The van der Waals surface area contributed by atoms with Crippen LogP contribution in [0.1, 0.15) is 18.4 Å². The van der Waals surface area contributed by atoms with Crippen LogP contribution in [0.3, 0.4) is 0 Å². The number of benzene rings is 1. The van der Waals surface area contributed by atoms with E-state index < -0.39 is 11.4 Å². The number of carbonyl (C=O) groups excluding carboxylic acids is 1. The number of hydrogen-bond acceptors (Lipinski definition) is 3. The molecular formula is C10H7ClFNO2. The third kappa shape index (κ3) is 1.52. The third-order valence-electron chi connectivity index (χ3n) is 2.52. The first-order chi connectivity index (χ1) is 7.10. The molecule has 1 aromatic carbocycles. The maximum Gasteiger partial charge on any atom is 0.235 e. The molecular weight excluding hydrogens is 221 g/mol. The minimum Gasteiger partial charge on any atom is -0.507 e. The highest BCUT2D eigenvalue weighted by Crippen LogP contribution is 2.53. The predicted octanol–water partition coefficient (Wildman–Crippen LogP) is 2.51. The number of hydrogen-bond donors (Lipinski definition) is 1. The van der Waals surface area contributed by atoms with Crippen LogP contribution in [0.25, 0.3) is 0 Å². The molecule has 1 aromatic rings. The van der Waals surface area contributed by atoms with Gasteiger partial charge in [0, 0.05) is 0 Å². The number of aliphatic imine (C=N–C) groups is 1. The van der Waals surface area contributed by atoms with E-state index in [9.17, 15) is 14.3 Å². The van der Waals surface area contributed by atoms with E-state index in [4.69, 9.17) is 11.6 Å². The van der Waals surface area contributed by atoms with Crippen molar-refractivity contribution in [3.63, 3.8) is 0 Å². The molecule has 1 N–H and O–H groups in total. The number of rotatable bonds is 2. The van der Waals surface area contributed by atoms with E-state index in [-0.39, 0.29) is 16.3 Å². The van der Waals surface area contributed by atoms with E-state index in [1.807, 2.05) is 0 Å². The number of halogens is 2. The first kappa shape index (κ1) is 10.1. The fourth-order valence-corrected chi connectivity index (χ4v) is 1.76. The summed E-state index contributed by atoms with van der Waals surface area (Å²) >= 11 is 5.59. The zero-order valence-corrected chi connectivity index (χ0v) is 8.38. The summed E-state index contributed by atoms with van der Waals surface area (Å²) in [6.07, 6.45) is 2.44. The Morgan fingerprint density at radius 3 is 2.73 bits per heavy atom. The lowest BCUT2D eigenvalue weighted by Gasteiger charge is -2.12. The van der Waals surface area contributed by atoms with Gasteiger partial charge in [-0.2, -0.15) is 4.99 Å². The first-order valence-electron chi connectivity index (χ1n) is 4.37. The van der Waals surface area contributed by atoms with Crippen LogP contribution in [-0.2, 0) is 10.3 Å². The van der Waals surface area contributed by atoms with Gasteiger partial charge >= 0.3 is 0 Å². The smallest absolute Gasteiger partial charge is 0.235 e. The summed E-state index contributed by atoms with van der Waals surface area (Å²) in [6.45, 7) is 0. The second-order valence-electron chi connectivity index (χ2n) is 3.49. The Balaban J connectivity index is 2.62. The van der Waals surface area contributed by atoms with Crippen molar-refractivity contribution in [2.75, 3.05) is 0 Å². The van der Waals surface area contributed by atoms with Crippen molar-refractivity contribution >= 4 is 17.7 Å². The normalized spacial score (nSPS) is 16.9. The Labute approximate surface area is 90.2 Å². The molecule has 1 aliphatic rings. The van der Waals surface area contributed by atoms with Gasteiger partial charge in [0.1, 0.15) is 11.3 Å². The molecule has 3 nitrogen and oxygen atoms in total. The number of nitrogens with zero attached hydrogens (tertiary/aromatic N) is 1. The SMILES string of the molecule is O=C=NC1(c2c(O)ccc(Cl)c2F)CC1.